The molecular formula is C13H19F2N. The fourth-order valence-electron chi connectivity index (χ4n) is 1.38. The highest BCUT2D eigenvalue weighted by atomic mass is 19.1. The number of nitrogens with one attached hydrogen (secondary N) is 1. The van der Waals surface area contributed by atoms with Crippen molar-refractivity contribution in [1.29, 1.82) is 0 Å². The average Bonchev–Trinajstić information content (AvgIpc) is 2.17. The lowest BCUT2D eigenvalue weighted by Gasteiger charge is -2.22. The van der Waals surface area contributed by atoms with Crippen molar-refractivity contribution in [2.75, 3.05) is 6.54 Å². The van der Waals surface area contributed by atoms with Crippen LogP contribution in [0.25, 0.3) is 0 Å². The number of halogens is 2. The van der Waals surface area contributed by atoms with Crippen LogP contribution in [-0.4, -0.2) is 12.1 Å². The Morgan fingerprint density at radius 3 is 2.44 bits per heavy atom. The molecule has 1 unspecified atom stereocenters. The van der Waals surface area contributed by atoms with Gasteiger partial charge in [0, 0.05) is 12.1 Å². The zero-order valence-corrected chi connectivity index (χ0v) is 10.3. The van der Waals surface area contributed by atoms with E-state index in [2.05, 4.69) is 5.32 Å². The number of hydrogen-bond acceptors (Lipinski definition) is 1. The molecule has 0 aliphatic carbocycles. The molecule has 0 aliphatic rings. The number of alkyl halides is 1. The van der Waals surface area contributed by atoms with Crippen LogP contribution in [-0.2, 0) is 0 Å². The molecule has 0 amide bonds. The largest absolute Gasteiger partial charge is 0.309 e. The van der Waals surface area contributed by atoms with E-state index in [1.165, 1.54) is 12.1 Å². The van der Waals surface area contributed by atoms with Crippen LogP contribution in [0.3, 0.4) is 0 Å². The fraction of sp³-hybridized carbons (Fsp3) is 0.538. The third kappa shape index (κ3) is 3.89. The first-order valence-electron chi connectivity index (χ1n) is 5.45. The van der Waals surface area contributed by atoms with Crippen molar-refractivity contribution in [2.24, 2.45) is 0 Å². The Kier molecular flexibility index (Phi) is 4.03. The van der Waals surface area contributed by atoms with Gasteiger partial charge >= 0.3 is 0 Å². The van der Waals surface area contributed by atoms with Crippen LogP contribution in [0, 0.1) is 12.7 Å². The molecule has 3 heteroatoms. The molecular weight excluding hydrogens is 208 g/mol. The maximum atomic E-state index is 13.8. The standard InChI is InChI=1S/C13H19F2N/c1-9-7-10(5-6-11(9)14)12(15)8-16-13(2,3)4/h5-7,12,16H,8H2,1-4H3. The third-order valence-electron chi connectivity index (χ3n) is 2.36. The van der Waals surface area contributed by atoms with Crippen molar-refractivity contribution in [2.45, 2.75) is 39.4 Å². The zero-order valence-electron chi connectivity index (χ0n) is 10.3. The number of aryl methyl sites for hydroxylation is 1. The first-order valence-corrected chi connectivity index (χ1v) is 5.45. The third-order valence-corrected chi connectivity index (χ3v) is 2.36. The lowest BCUT2D eigenvalue weighted by Crippen LogP contribution is -2.37. The summed E-state index contributed by atoms with van der Waals surface area (Å²) >= 11 is 0. The van der Waals surface area contributed by atoms with Crippen LogP contribution >= 0.6 is 0 Å². The van der Waals surface area contributed by atoms with Gasteiger partial charge in [-0.25, -0.2) is 8.78 Å². The van der Waals surface area contributed by atoms with Crippen LogP contribution in [0.5, 0.6) is 0 Å². The maximum Gasteiger partial charge on any atom is 0.138 e. The van der Waals surface area contributed by atoms with Crippen LogP contribution in [0.4, 0.5) is 8.78 Å². The van der Waals surface area contributed by atoms with Gasteiger partial charge in [0.2, 0.25) is 0 Å². The summed E-state index contributed by atoms with van der Waals surface area (Å²) in [6.07, 6.45) is -1.10. The molecule has 0 bridgehead atoms. The Hall–Kier alpha value is -0.960. The molecule has 0 aliphatic heterocycles. The molecule has 16 heavy (non-hydrogen) atoms. The minimum absolute atomic E-state index is 0.112. The first kappa shape index (κ1) is 13.1. The van der Waals surface area contributed by atoms with E-state index >= 15 is 0 Å². The summed E-state index contributed by atoms with van der Waals surface area (Å²) in [6.45, 7) is 7.83. The van der Waals surface area contributed by atoms with Crippen molar-refractivity contribution >= 4 is 0 Å². The lowest BCUT2D eigenvalue weighted by molar-refractivity contribution is 0.291. The Bertz CT molecular complexity index is 355. The summed E-state index contributed by atoms with van der Waals surface area (Å²) in [4.78, 5) is 0. The van der Waals surface area contributed by atoms with Crippen LogP contribution in [0.2, 0.25) is 0 Å². The minimum atomic E-state index is -1.10. The Balaban J connectivity index is 2.66. The van der Waals surface area contributed by atoms with Crippen LogP contribution in [0.1, 0.15) is 38.1 Å². The lowest BCUT2D eigenvalue weighted by atomic mass is 10.1. The van der Waals surface area contributed by atoms with E-state index in [0.717, 1.165) is 0 Å². The number of rotatable bonds is 3. The molecule has 90 valence electrons. The van der Waals surface area contributed by atoms with Crippen molar-refractivity contribution in [3.05, 3.63) is 35.1 Å². The van der Waals surface area contributed by atoms with Gasteiger partial charge < -0.3 is 5.32 Å². The molecule has 0 aromatic heterocycles. The highest BCUT2D eigenvalue weighted by Crippen LogP contribution is 2.20. The Labute approximate surface area is 95.9 Å². The van der Waals surface area contributed by atoms with Crippen LogP contribution in [0.15, 0.2) is 18.2 Å². The molecule has 0 saturated heterocycles. The van der Waals surface area contributed by atoms with E-state index in [1.54, 1.807) is 13.0 Å². The van der Waals surface area contributed by atoms with Crippen molar-refractivity contribution in [3.63, 3.8) is 0 Å². The van der Waals surface area contributed by atoms with Gasteiger partial charge in [0.25, 0.3) is 0 Å². The summed E-state index contributed by atoms with van der Waals surface area (Å²) in [6, 6.07) is 4.37. The van der Waals surface area contributed by atoms with E-state index in [-0.39, 0.29) is 17.9 Å². The molecule has 0 saturated carbocycles. The Morgan fingerprint density at radius 2 is 1.94 bits per heavy atom. The molecule has 0 spiro atoms. The van der Waals surface area contributed by atoms with Gasteiger partial charge in [0.15, 0.2) is 0 Å². The van der Waals surface area contributed by atoms with Crippen molar-refractivity contribution in [1.82, 2.24) is 5.32 Å². The SMILES string of the molecule is Cc1cc(C(F)CNC(C)(C)C)ccc1F. The van der Waals surface area contributed by atoms with E-state index in [9.17, 15) is 8.78 Å². The average molecular weight is 227 g/mol. The second kappa shape index (κ2) is 4.91. The molecule has 0 heterocycles. The number of hydrogen-bond donors (Lipinski definition) is 1. The highest BCUT2D eigenvalue weighted by Gasteiger charge is 2.15. The van der Waals surface area contributed by atoms with Gasteiger partial charge in [0.05, 0.1) is 0 Å². The van der Waals surface area contributed by atoms with Gasteiger partial charge in [-0.05, 0) is 44.9 Å². The second-order valence-corrected chi connectivity index (χ2v) is 5.11. The summed E-state index contributed by atoms with van der Waals surface area (Å²) in [5, 5.41) is 3.09. The van der Waals surface area contributed by atoms with Gasteiger partial charge in [-0.2, -0.15) is 0 Å². The van der Waals surface area contributed by atoms with Gasteiger partial charge in [0.1, 0.15) is 12.0 Å². The molecule has 1 atom stereocenters. The van der Waals surface area contributed by atoms with Gasteiger partial charge in [-0.15, -0.1) is 0 Å². The molecule has 1 aromatic rings. The van der Waals surface area contributed by atoms with E-state index < -0.39 is 6.17 Å². The second-order valence-electron chi connectivity index (χ2n) is 5.11. The topological polar surface area (TPSA) is 12.0 Å². The van der Waals surface area contributed by atoms with E-state index in [0.29, 0.717) is 11.1 Å². The van der Waals surface area contributed by atoms with Gasteiger partial charge in [-0.3, -0.25) is 0 Å². The molecule has 1 rings (SSSR count). The fourth-order valence-corrected chi connectivity index (χ4v) is 1.38. The predicted molar refractivity (Wildman–Crippen MR) is 62.7 cm³/mol. The molecule has 0 fully saturated rings. The quantitative estimate of drug-likeness (QED) is 0.833. The normalized spacial score (nSPS) is 13.9. The number of benzene rings is 1. The smallest absolute Gasteiger partial charge is 0.138 e. The van der Waals surface area contributed by atoms with E-state index in [4.69, 9.17) is 0 Å². The van der Waals surface area contributed by atoms with Crippen LogP contribution < -0.4 is 5.32 Å². The molecule has 1 nitrogen and oxygen atoms in total. The van der Waals surface area contributed by atoms with E-state index in [1.807, 2.05) is 20.8 Å². The molecule has 1 N–H and O–H groups in total. The molecule has 1 aromatic carbocycles. The summed E-state index contributed by atoms with van der Waals surface area (Å²) < 4.78 is 26.8. The summed E-state index contributed by atoms with van der Waals surface area (Å²) in [7, 11) is 0. The molecule has 0 radical (unpaired) electrons. The predicted octanol–water partition coefficient (Wildman–Crippen LogP) is 3.53. The monoisotopic (exact) mass is 227 g/mol. The Morgan fingerprint density at radius 1 is 1.31 bits per heavy atom. The van der Waals surface area contributed by atoms with Crippen molar-refractivity contribution < 1.29 is 8.78 Å². The zero-order chi connectivity index (χ0) is 12.3. The first-order chi connectivity index (χ1) is 7.29. The maximum absolute atomic E-state index is 13.8. The highest BCUT2D eigenvalue weighted by molar-refractivity contribution is 5.25. The summed E-state index contributed by atoms with van der Waals surface area (Å²) in [5.74, 6) is -0.292. The van der Waals surface area contributed by atoms with Gasteiger partial charge in [-0.1, -0.05) is 12.1 Å². The minimum Gasteiger partial charge on any atom is -0.309 e. The van der Waals surface area contributed by atoms with Crippen molar-refractivity contribution in [3.8, 4) is 0 Å². The summed E-state index contributed by atoms with van der Waals surface area (Å²) in [5.41, 5.74) is 0.894.